The van der Waals surface area contributed by atoms with Crippen LogP contribution in [-0.2, 0) is 0 Å². The van der Waals surface area contributed by atoms with Gasteiger partial charge >= 0.3 is 0 Å². The summed E-state index contributed by atoms with van der Waals surface area (Å²) in [5, 5.41) is 0.724. The second kappa shape index (κ2) is 5.18. The van der Waals surface area contributed by atoms with Gasteiger partial charge in [0.05, 0.1) is 17.0 Å². The van der Waals surface area contributed by atoms with Gasteiger partial charge in [0, 0.05) is 12.1 Å². The molecule has 0 radical (unpaired) electrons. The molecule has 0 spiro atoms. The van der Waals surface area contributed by atoms with Crippen LogP contribution in [0.4, 0.5) is 4.39 Å². The second-order valence-corrected chi connectivity index (χ2v) is 6.12. The highest BCUT2D eigenvalue weighted by atomic mass is 35.5. The zero-order valence-electron chi connectivity index (χ0n) is 12.5. The normalized spacial score (nSPS) is 16.7. The molecule has 0 aliphatic carbocycles. The van der Waals surface area contributed by atoms with Crippen LogP contribution in [0.3, 0.4) is 0 Å². The molecule has 0 fully saturated rings. The van der Waals surface area contributed by atoms with Crippen LogP contribution in [0.15, 0.2) is 51.7 Å². The molecule has 24 heavy (non-hydrogen) atoms. The predicted octanol–water partition coefficient (Wildman–Crippen LogP) is 3.76. The van der Waals surface area contributed by atoms with Gasteiger partial charge < -0.3 is 9.32 Å². The van der Waals surface area contributed by atoms with Crippen LogP contribution in [0.5, 0.6) is 0 Å². The lowest BCUT2D eigenvalue weighted by atomic mass is 9.99. The summed E-state index contributed by atoms with van der Waals surface area (Å²) >= 11 is 5.97. The fraction of sp³-hybridized carbons (Fsp3) is 0.111. The van der Waals surface area contributed by atoms with Gasteiger partial charge in [0.25, 0.3) is 5.91 Å². The summed E-state index contributed by atoms with van der Waals surface area (Å²) in [4.78, 5) is 26.9. The quantitative estimate of drug-likeness (QED) is 0.676. The average Bonchev–Trinajstić information content (AvgIpc) is 2.82. The Labute approximate surface area is 141 Å². The molecule has 1 atom stereocenters. The highest BCUT2D eigenvalue weighted by Gasteiger charge is 2.40. The molecule has 4 nitrogen and oxygen atoms in total. The third-order valence-electron chi connectivity index (χ3n) is 4.25. The summed E-state index contributed by atoms with van der Waals surface area (Å²) in [7, 11) is 1.59. The molecule has 120 valence electrons. The Morgan fingerprint density at radius 1 is 1.12 bits per heavy atom. The van der Waals surface area contributed by atoms with Gasteiger partial charge in [-0.25, -0.2) is 4.39 Å². The Morgan fingerprint density at radius 3 is 2.54 bits per heavy atom. The van der Waals surface area contributed by atoms with Crippen LogP contribution in [0.2, 0.25) is 5.02 Å². The van der Waals surface area contributed by atoms with Gasteiger partial charge in [0.1, 0.15) is 11.4 Å². The Bertz CT molecular complexity index is 1040. The van der Waals surface area contributed by atoms with Crippen molar-refractivity contribution in [1.29, 1.82) is 0 Å². The maximum absolute atomic E-state index is 13.2. The van der Waals surface area contributed by atoms with Crippen molar-refractivity contribution in [3.63, 3.8) is 0 Å². The number of hydrogen-bond acceptors (Lipinski definition) is 3. The number of rotatable bonds is 1. The van der Waals surface area contributed by atoms with Gasteiger partial charge in [-0.3, -0.25) is 9.59 Å². The summed E-state index contributed by atoms with van der Waals surface area (Å²) < 4.78 is 18.9. The molecular weight excluding hydrogens is 333 g/mol. The summed E-state index contributed by atoms with van der Waals surface area (Å²) in [5.41, 5.74) is 0.897. The molecule has 0 saturated carbocycles. The standard InChI is InChI=1S/C18H11ClFNO3/c1-21-15(9-2-5-11(20)6-3-9)14-16(22)12-8-10(19)4-7-13(12)24-17(14)18(21)23/h2-8,15H,1H3/t15-/m0/s1. The van der Waals surface area contributed by atoms with Crippen LogP contribution in [-0.4, -0.2) is 17.9 Å². The van der Waals surface area contributed by atoms with E-state index in [1.54, 1.807) is 31.3 Å². The molecule has 2 aromatic carbocycles. The molecule has 1 aromatic heterocycles. The van der Waals surface area contributed by atoms with E-state index in [1.165, 1.54) is 23.1 Å². The molecule has 0 saturated heterocycles. The number of halogens is 2. The number of nitrogens with zero attached hydrogens (tertiary/aromatic N) is 1. The van der Waals surface area contributed by atoms with Gasteiger partial charge in [0.2, 0.25) is 5.76 Å². The van der Waals surface area contributed by atoms with Gasteiger partial charge in [-0.15, -0.1) is 0 Å². The monoisotopic (exact) mass is 343 g/mol. The number of hydrogen-bond donors (Lipinski definition) is 0. The molecular formula is C18H11ClFNO3. The summed E-state index contributed by atoms with van der Waals surface area (Å²) in [6.07, 6.45) is 0. The third-order valence-corrected chi connectivity index (χ3v) is 4.48. The Hall–Kier alpha value is -2.66. The first-order chi connectivity index (χ1) is 11.5. The van der Waals surface area contributed by atoms with Crippen LogP contribution < -0.4 is 5.43 Å². The van der Waals surface area contributed by atoms with Crippen molar-refractivity contribution in [3.05, 3.63) is 80.4 Å². The molecule has 1 aliphatic rings. The smallest absolute Gasteiger partial charge is 0.290 e. The number of amides is 1. The van der Waals surface area contributed by atoms with E-state index in [4.69, 9.17) is 16.0 Å². The van der Waals surface area contributed by atoms with Crippen molar-refractivity contribution < 1.29 is 13.6 Å². The number of carbonyl (C=O) groups excluding carboxylic acids is 1. The van der Waals surface area contributed by atoms with Crippen molar-refractivity contribution in [2.45, 2.75) is 6.04 Å². The first-order valence-corrected chi connectivity index (χ1v) is 7.64. The Kier molecular flexibility index (Phi) is 3.21. The van der Waals surface area contributed by atoms with E-state index in [-0.39, 0.29) is 28.5 Å². The molecule has 4 rings (SSSR count). The third kappa shape index (κ3) is 2.05. The highest BCUT2D eigenvalue weighted by molar-refractivity contribution is 6.31. The van der Waals surface area contributed by atoms with Crippen LogP contribution in [0, 0.1) is 5.82 Å². The van der Waals surface area contributed by atoms with Crippen LogP contribution in [0.1, 0.15) is 27.7 Å². The van der Waals surface area contributed by atoms with E-state index >= 15 is 0 Å². The van der Waals surface area contributed by atoms with Gasteiger partial charge in [-0.05, 0) is 35.9 Å². The van der Waals surface area contributed by atoms with E-state index in [1.807, 2.05) is 0 Å². The molecule has 6 heteroatoms. The van der Waals surface area contributed by atoms with E-state index < -0.39 is 6.04 Å². The molecule has 0 bridgehead atoms. The summed E-state index contributed by atoms with van der Waals surface area (Å²) in [5.74, 6) is -0.747. The zero-order valence-corrected chi connectivity index (χ0v) is 13.3. The topological polar surface area (TPSA) is 50.5 Å². The number of benzene rings is 2. The van der Waals surface area contributed by atoms with Crippen LogP contribution in [0.25, 0.3) is 11.0 Å². The molecule has 0 unspecified atom stereocenters. The van der Waals surface area contributed by atoms with E-state index in [0.29, 0.717) is 21.6 Å². The minimum atomic E-state index is -0.618. The number of fused-ring (bicyclic) bond motifs is 2. The lowest BCUT2D eigenvalue weighted by Crippen LogP contribution is -2.25. The van der Waals surface area contributed by atoms with Crippen molar-refractivity contribution in [1.82, 2.24) is 4.90 Å². The van der Waals surface area contributed by atoms with E-state index in [9.17, 15) is 14.0 Å². The minimum Gasteiger partial charge on any atom is -0.450 e. The Balaban J connectivity index is 2.03. The summed E-state index contributed by atoms with van der Waals surface area (Å²) in [6.45, 7) is 0. The van der Waals surface area contributed by atoms with Gasteiger partial charge in [-0.2, -0.15) is 0 Å². The SMILES string of the molecule is CN1C(=O)c2oc3ccc(Cl)cc3c(=O)c2[C@@H]1c1ccc(F)cc1. The van der Waals surface area contributed by atoms with Crippen molar-refractivity contribution >= 4 is 28.5 Å². The summed E-state index contributed by atoms with van der Waals surface area (Å²) in [6, 6.07) is 9.77. The fourth-order valence-electron chi connectivity index (χ4n) is 3.10. The first kappa shape index (κ1) is 14.9. The highest BCUT2D eigenvalue weighted by Crippen LogP contribution is 2.37. The first-order valence-electron chi connectivity index (χ1n) is 7.26. The number of carbonyl (C=O) groups is 1. The van der Waals surface area contributed by atoms with Gasteiger partial charge in [-0.1, -0.05) is 23.7 Å². The maximum Gasteiger partial charge on any atom is 0.290 e. The largest absolute Gasteiger partial charge is 0.450 e. The predicted molar refractivity (Wildman–Crippen MR) is 87.8 cm³/mol. The van der Waals surface area contributed by atoms with Crippen molar-refractivity contribution in [2.24, 2.45) is 0 Å². The molecule has 2 heterocycles. The lowest BCUT2D eigenvalue weighted by molar-refractivity contribution is 0.0771. The molecule has 1 aliphatic heterocycles. The molecule has 1 amide bonds. The minimum absolute atomic E-state index is 0.0200. The Morgan fingerprint density at radius 2 is 1.83 bits per heavy atom. The molecule has 0 N–H and O–H groups in total. The van der Waals surface area contributed by atoms with Gasteiger partial charge in [0.15, 0.2) is 5.43 Å². The molecule has 3 aromatic rings. The van der Waals surface area contributed by atoms with Crippen LogP contribution >= 0.6 is 11.6 Å². The maximum atomic E-state index is 13.2. The second-order valence-electron chi connectivity index (χ2n) is 5.68. The zero-order chi connectivity index (χ0) is 17.0. The lowest BCUT2D eigenvalue weighted by Gasteiger charge is -2.20. The van der Waals surface area contributed by atoms with E-state index in [2.05, 4.69) is 0 Å². The van der Waals surface area contributed by atoms with E-state index in [0.717, 1.165) is 0 Å². The van der Waals surface area contributed by atoms with Crippen molar-refractivity contribution in [3.8, 4) is 0 Å². The fourth-order valence-corrected chi connectivity index (χ4v) is 3.27. The average molecular weight is 344 g/mol. The van der Waals surface area contributed by atoms with Crippen molar-refractivity contribution in [2.75, 3.05) is 7.05 Å².